The number of nitriles is 1. The number of carbonyl (C=O) groups is 1. The summed E-state index contributed by atoms with van der Waals surface area (Å²) < 4.78 is 1.82. The van der Waals surface area contributed by atoms with Crippen LogP contribution >= 0.6 is 11.8 Å². The van der Waals surface area contributed by atoms with Crippen LogP contribution in [0.2, 0.25) is 0 Å². The summed E-state index contributed by atoms with van der Waals surface area (Å²) in [7, 11) is 0. The molecule has 0 aliphatic heterocycles. The van der Waals surface area contributed by atoms with Crippen molar-refractivity contribution in [3.8, 4) is 6.07 Å². The summed E-state index contributed by atoms with van der Waals surface area (Å²) in [6.07, 6.45) is 1.59. The number of nitrogens with zero attached hydrogens (tertiary/aromatic N) is 4. The lowest BCUT2D eigenvalue weighted by Crippen LogP contribution is -2.21. The zero-order valence-electron chi connectivity index (χ0n) is 9.67. The molecule has 7 heteroatoms. The molecular formula is C10H13N5OS. The number of carbonyl (C=O) groups excluding carboxylic acids is 1. The summed E-state index contributed by atoms with van der Waals surface area (Å²) in [4.78, 5) is 11.7. The van der Waals surface area contributed by atoms with Crippen molar-refractivity contribution < 1.29 is 4.79 Å². The minimum Gasteiger partial charge on any atom is -0.309 e. The van der Waals surface area contributed by atoms with E-state index in [1.165, 1.54) is 18.7 Å². The fraction of sp³-hybridized carbons (Fsp3) is 0.500. The van der Waals surface area contributed by atoms with Crippen molar-refractivity contribution in [2.45, 2.75) is 25.5 Å². The minimum atomic E-state index is -0.944. The van der Waals surface area contributed by atoms with E-state index < -0.39 is 5.92 Å². The van der Waals surface area contributed by atoms with Crippen LogP contribution in [0.5, 0.6) is 0 Å². The standard InChI is InChI=1S/C10H13N5OS/c1-3-15-6-13-14-10(15)17-5-9(16)8(4-11)7(2)12/h6,8,12H,3,5H2,1-2H3/t8-/m1/s1. The molecule has 90 valence electrons. The van der Waals surface area contributed by atoms with Gasteiger partial charge in [0.05, 0.1) is 11.8 Å². The quantitative estimate of drug-likeness (QED) is 0.604. The van der Waals surface area contributed by atoms with Crippen LogP contribution in [0.4, 0.5) is 0 Å². The SMILES string of the molecule is CCn1cnnc1SCC(=O)[C@H](C#N)C(C)=N. The smallest absolute Gasteiger partial charge is 0.191 e. The number of ketones is 1. The third kappa shape index (κ3) is 3.39. The third-order valence-electron chi connectivity index (χ3n) is 2.15. The summed E-state index contributed by atoms with van der Waals surface area (Å²) in [6.45, 7) is 4.15. The Kier molecular flexibility index (Phi) is 4.84. The molecule has 0 bridgehead atoms. The summed E-state index contributed by atoms with van der Waals surface area (Å²) in [5.41, 5.74) is 0.0788. The number of hydrogen-bond acceptors (Lipinski definition) is 6. The first kappa shape index (κ1) is 13.4. The molecule has 0 amide bonds. The summed E-state index contributed by atoms with van der Waals surface area (Å²) >= 11 is 1.24. The Hall–Kier alpha value is -1.68. The van der Waals surface area contributed by atoms with Crippen LogP contribution in [0.1, 0.15) is 13.8 Å². The third-order valence-corrected chi connectivity index (χ3v) is 3.15. The summed E-state index contributed by atoms with van der Waals surface area (Å²) in [6, 6.07) is 1.83. The van der Waals surface area contributed by atoms with Crippen LogP contribution in [0, 0.1) is 22.7 Å². The maximum Gasteiger partial charge on any atom is 0.191 e. The number of aromatic nitrogens is 3. The highest BCUT2D eigenvalue weighted by Crippen LogP contribution is 2.16. The lowest BCUT2D eigenvalue weighted by atomic mass is 10.0. The molecule has 1 atom stereocenters. The van der Waals surface area contributed by atoms with Crippen LogP contribution in [-0.2, 0) is 11.3 Å². The number of nitrogens with one attached hydrogen (secondary N) is 1. The first-order chi connectivity index (χ1) is 8.10. The van der Waals surface area contributed by atoms with Gasteiger partial charge in [-0.1, -0.05) is 11.8 Å². The fourth-order valence-electron chi connectivity index (χ4n) is 1.20. The monoisotopic (exact) mass is 251 g/mol. The average molecular weight is 251 g/mol. The van der Waals surface area contributed by atoms with Gasteiger partial charge in [0.2, 0.25) is 0 Å². The van der Waals surface area contributed by atoms with Gasteiger partial charge in [0.15, 0.2) is 10.9 Å². The van der Waals surface area contributed by atoms with Gasteiger partial charge in [-0.25, -0.2) is 0 Å². The minimum absolute atomic E-state index is 0.0788. The van der Waals surface area contributed by atoms with E-state index in [1.54, 1.807) is 6.33 Å². The van der Waals surface area contributed by atoms with Crippen molar-refractivity contribution >= 4 is 23.3 Å². The van der Waals surface area contributed by atoms with Crippen molar-refractivity contribution in [3.05, 3.63) is 6.33 Å². The number of rotatable bonds is 6. The second-order valence-electron chi connectivity index (χ2n) is 3.40. The Labute approximate surface area is 104 Å². The van der Waals surface area contributed by atoms with Gasteiger partial charge < -0.3 is 9.98 Å². The molecule has 17 heavy (non-hydrogen) atoms. The van der Waals surface area contributed by atoms with Crippen molar-refractivity contribution in [3.63, 3.8) is 0 Å². The normalized spacial score (nSPS) is 11.8. The Morgan fingerprint density at radius 1 is 1.76 bits per heavy atom. The Morgan fingerprint density at radius 2 is 2.47 bits per heavy atom. The van der Waals surface area contributed by atoms with E-state index in [1.807, 2.05) is 17.6 Å². The lowest BCUT2D eigenvalue weighted by molar-refractivity contribution is -0.117. The van der Waals surface area contributed by atoms with E-state index in [-0.39, 0.29) is 17.2 Å². The predicted octanol–water partition coefficient (Wildman–Crippen LogP) is 1.14. The van der Waals surface area contributed by atoms with Crippen LogP contribution in [0.15, 0.2) is 11.5 Å². The molecule has 1 aromatic heterocycles. The van der Waals surface area contributed by atoms with E-state index in [0.717, 1.165) is 6.54 Å². The van der Waals surface area contributed by atoms with E-state index >= 15 is 0 Å². The largest absolute Gasteiger partial charge is 0.309 e. The zero-order valence-corrected chi connectivity index (χ0v) is 10.5. The molecule has 0 aliphatic carbocycles. The van der Waals surface area contributed by atoms with Crippen molar-refractivity contribution in [2.24, 2.45) is 5.92 Å². The predicted molar refractivity (Wildman–Crippen MR) is 63.9 cm³/mol. The van der Waals surface area contributed by atoms with E-state index in [4.69, 9.17) is 10.7 Å². The van der Waals surface area contributed by atoms with Crippen molar-refractivity contribution in [1.29, 1.82) is 10.7 Å². The van der Waals surface area contributed by atoms with Gasteiger partial charge in [-0.15, -0.1) is 10.2 Å². The molecule has 1 N–H and O–H groups in total. The molecule has 0 saturated heterocycles. The van der Waals surface area contributed by atoms with Crippen LogP contribution in [0.25, 0.3) is 0 Å². The number of aryl methyl sites for hydroxylation is 1. The average Bonchev–Trinajstić information content (AvgIpc) is 2.74. The van der Waals surface area contributed by atoms with Gasteiger partial charge in [-0.3, -0.25) is 4.79 Å². The van der Waals surface area contributed by atoms with Gasteiger partial charge in [0.25, 0.3) is 0 Å². The molecule has 0 radical (unpaired) electrons. The van der Waals surface area contributed by atoms with E-state index in [2.05, 4.69) is 10.2 Å². The maximum absolute atomic E-state index is 11.7. The molecule has 0 saturated carbocycles. The number of hydrogen-bond donors (Lipinski definition) is 1. The van der Waals surface area contributed by atoms with Crippen LogP contribution in [-0.4, -0.2) is 32.0 Å². The fourth-order valence-corrected chi connectivity index (χ4v) is 2.09. The summed E-state index contributed by atoms with van der Waals surface area (Å²) in [5, 5.41) is 24.4. The Bertz CT molecular complexity index is 462. The molecule has 1 rings (SSSR count). The topological polar surface area (TPSA) is 95.4 Å². The van der Waals surface area contributed by atoms with Gasteiger partial charge >= 0.3 is 0 Å². The molecule has 0 fully saturated rings. The highest BCUT2D eigenvalue weighted by molar-refractivity contribution is 7.99. The van der Waals surface area contributed by atoms with Crippen LogP contribution in [0.3, 0.4) is 0 Å². The highest BCUT2D eigenvalue weighted by atomic mass is 32.2. The lowest BCUT2D eigenvalue weighted by Gasteiger charge is -2.06. The molecule has 0 unspecified atom stereocenters. The number of Topliss-reactive ketones (excluding diaryl/α,β-unsaturated/α-hetero) is 1. The molecule has 6 nitrogen and oxygen atoms in total. The maximum atomic E-state index is 11.7. The second-order valence-corrected chi connectivity index (χ2v) is 4.34. The van der Waals surface area contributed by atoms with Gasteiger partial charge in [0.1, 0.15) is 12.2 Å². The molecule has 1 aromatic rings. The molecule has 1 heterocycles. The van der Waals surface area contributed by atoms with Crippen molar-refractivity contribution in [1.82, 2.24) is 14.8 Å². The summed E-state index contributed by atoms with van der Waals surface area (Å²) in [5.74, 6) is -1.08. The second kappa shape index (κ2) is 6.15. The van der Waals surface area contributed by atoms with E-state index in [9.17, 15) is 4.79 Å². The Balaban J connectivity index is 2.60. The zero-order chi connectivity index (χ0) is 12.8. The van der Waals surface area contributed by atoms with Crippen LogP contribution < -0.4 is 0 Å². The first-order valence-corrected chi connectivity index (χ1v) is 6.06. The molecule has 0 spiro atoms. The first-order valence-electron chi connectivity index (χ1n) is 5.08. The Morgan fingerprint density at radius 3 is 3.00 bits per heavy atom. The molecule has 0 aliphatic rings. The van der Waals surface area contributed by atoms with E-state index in [0.29, 0.717) is 5.16 Å². The number of thioether (sulfide) groups is 1. The van der Waals surface area contributed by atoms with Crippen molar-refractivity contribution in [2.75, 3.05) is 5.75 Å². The van der Waals surface area contributed by atoms with Gasteiger partial charge in [-0.2, -0.15) is 5.26 Å². The molecule has 0 aromatic carbocycles. The van der Waals surface area contributed by atoms with Gasteiger partial charge in [0, 0.05) is 12.3 Å². The van der Waals surface area contributed by atoms with Gasteiger partial charge in [-0.05, 0) is 13.8 Å². The molecular weight excluding hydrogens is 238 g/mol. The highest BCUT2D eigenvalue weighted by Gasteiger charge is 2.20.